The van der Waals surface area contributed by atoms with Crippen LogP contribution in [0, 0.1) is 17.1 Å². The molecular weight excluding hydrogens is 543 g/mol. The molecule has 0 aliphatic rings. The van der Waals surface area contributed by atoms with E-state index in [1.165, 1.54) is 19.2 Å². The fourth-order valence-corrected chi connectivity index (χ4v) is 3.79. The van der Waals surface area contributed by atoms with E-state index in [0.717, 1.165) is 6.07 Å². The van der Waals surface area contributed by atoms with Crippen molar-refractivity contribution < 1.29 is 28.2 Å². The minimum absolute atomic E-state index is 0.0619. The van der Waals surface area contributed by atoms with Crippen molar-refractivity contribution in [3.05, 3.63) is 95.3 Å². The molecule has 2 heterocycles. The van der Waals surface area contributed by atoms with Crippen LogP contribution in [0.2, 0.25) is 0 Å². The van der Waals surface area contributed by atoms with Gasteiger partial charge in [-0.25, -0.2) is 24.1 Å². The molecule has 1 amide bonds. The van der Waals surface area contributed by atoms with Crippen molar-refractivity contribution >= 4 is 23.3 Å². The average molecular weight is 571 g/mol. The van der Waals surface area contributed by atoms with E-state index in [9.17, 15) is 14.0 Å². The lowest BCUT2D eigenvalue weighted by Gasteiger charge is -2.14. The third kappa shape index (κ3) is 7.83. The molecule has 2 N–H and O–H groups in total. The summed E-state index contributed by atoms with van der Waals surface area (Å²) in [4.78, 5) is 37.7. The van der Waals surface area contributed by atoms with Crippen LogP contribution >= 0.6 is 0 Å². The van der Waals surface area contributed by atoms with Gasteiger partial charge in [0.15, 0.2) is 0 Å². The molecule has 2 aromatic heterocycles. The zero-order chi connectivity index (χ0) is 29.9. The fraction of sp³-hybridized carbons (Fsp3) is 0.200. The van der Waals surface area contributed by atoms with E-state index in [4.69, 9.17) is 19.5 Å². The Hall–Kier alpha value is -5.41. The summed E-state index contributed by atoms with van der Waals surface area (Å²) >= 11 is 0. The Bertz CT molecular complexity index is 1610. The second-order valence-corrected chi connectivity index (χ2v) is 8.85. The van der Waals surface area contributed by atoms with Crippen LogP contribution in [0.4, 0.5) is 15.8 Å². The molecular formula is C30H27FN6O5. The van der Waals surface area contributed by atoms with Crippen LogP contribution in [0.15, 0.2) is 67.0 Å². The number of esters is 1. The number of halogens is 1. The molecule has 0 atom stereocenters. The number of hydrogen-bond donors (Lipinski definition) is 2. The quantitative estimate of drug-likeness (QED) is 0.188. The van der Waals surface area contributed by atoms with Gasteiger partial charge < -0.3 is 24.8 Å². The van der Waals surface area contributed by atoms with Gasteiger partial charge in [-0.05, 0) is 36.4 Å². The van der Waals surface area contributed by atoms with Gasteiger partial charge in [-0.3, -0.25) is 4.79 Å². The van der Waals surface area contributed by atoms with E-state index in [-0.39, 0.29) is 30.4 Å². The number of methoxy groups -OCH3 is 2. The number of pyridine rings is 1. The van der Waals surface area contributed by atoms with E-state index >= 15 is 0 Å². The summed E-state index contributed by atoms with van der Waals surface area (Å²) in [7, 11) is 2.87. The van der Waals surface area contributed by atoms with Gasteiger partial charge in [-0.15, -0.1) is 0 Å². The van der Waals surface area contributed by atoms with E-state index in [1.807, 2.05) is 6.07 Å². The summed E-state index contributed by atoms with van der Waals surface area (Å²) in [6.07, 6.45) is 3.00. The predicted octanol–water partition coefficient (Wildman–Crippen LogP) is 4.15. The van der Waals surface area contributed by atoms with Crippen LogP contribution in [0.25, 0.3) is 11.3 Å². The molecule has 4 rings (SSSR count). The lowest BCUT2D eigenvalue weighted by Crippen LogP contribution is -2.18. The molecule has 0 unspecified atom stereocenters. The number of aromatic nitrogens is 3. The monoisotopic (exact) mass is 570 g/mol. The molecule has 0 radical (unpaired) electrons. The maximum absolute atomic E-state index is 14.2. The Balaban J connectivity index is 1.39. The summed E-state index contributed by atoms with van der Waals surface area (Å²) in [6, 6.07) is 15.9. The second-order valence-electron chi connectivity index (χ2n) is 8.85. The highest BCUT2D eigenvalue weighted by Gasteiger charge is 2.14. The van der Waals surface area contributed by atoms with Crippen molar-refractivity contribution in [2.24, 2.45) is 0 Å². The number of nitrogens with zero attached hydrogens (tertiary/aromatic N) is 4. The normalized spacial score (nSPS) is 10.4. The third-order valence-electron chi connectivity index (χ3n) is 5.94. The number of nitriles is 1. The van der Waals surface area contributed by atoms with Gasteiger partial charge in [0.2, 0.25) is 11.8 Å². The molecule has 0 saturated heterocycles. The van der Waals surface area contributed by atoms with Crippen molar-refractivity contribution in [3.8, 4) is 23.2 Å². The summed E-state index contributed by atoms with van der Waals surface area (Å²) in [6.45, 7) is 0.824. The van der Waals surface area contributed by atoms with Crippen LogP contribution in [-0.2, 0) is 27.3 Å². The summed E-state index contributed by atoms with van der Waals surface area (Å²) in [5.74, 6) is -0.822. The average Bonchev–Trinajstić information content (AvgIpc) is 3.01. The third-order valence-corrected chi connectivity index (χ3v) is 5.94. The number of carbonyl (C=O) groups excluding carboxylic acids is 2. The highest BCUT2D eigenvalue weighted by Crippen LogP contribution is 2.24. The minimum Gasteiger partial charge on any atom is -0.473 e. The largest absolute Gasteiger partial charge is 0.473 e. The van der Waals surface area contributed by atoms with Crippen molar-refractivity contribution in [2.75, 3.05) is 38.0 Å². The maximum Gasteiger partial charge on any atom is 0.337 e. The highest BCUT2D eigenvalue weighted by atomic mass is 19.1. The smallest absolute Gasteiger partial charge is 0.337 e. The van der Waals surface area contributed by atoms with Crippen LogP contribution < -0.4 is 15.4 Å². The Kier molecular flexibility index (Phi) is 10.1. The van der Waals surface area contributed by atoms with Gasteiger partial charge in [-0.2, -0.15) is 5.26 Å². The number of benzene rings is 2. The molecule has 0 aliphatic carbocycles. The van der Waals surface area contributed by atoms with E-state index in [2.05, 4.69) is 25.6 Å². The van der Waals surface area contributed by atoms with Crippen LogP contribution in [0.5, 0.6) is 5.88 Å². The number of anilines is 2. The predicted molar refractivity (Wildman–Crippen MR) is 151 cm³/mol. The molecule has 214 valence electrons. The topological polar surface area (TPSA) is 148 Å². The van der Waals surface area contributed by atoms with Crippen LogP contribution in [0.1, 0.15) is 27.3 Å². The lowest BCUT2D eigenvalue weighted by atomic mass is 10.1. The Labute approximate surface area is 241 Å². The molecule has 4 aromatic rings. The molecule has 12 heteroatoms. The minimum atomic E-state index is -0.532. The maximum atomic E-state index is 14.2. The lowest BCUT2D eigenvalue weighted by molar-refractivity contribution is -0.115. The Morgan fingerprint density at radius 3 is 2.55 bits per heavy atom. The van der Waals surface area contributed by atoms with Crippen molar-refractivity contribution in [2.45, 2.75) is 13.0 Å². The Morgan fingerprint density at radius 1 is 1.02 bits per heavy atom. The number of ether oxygens (including phenoxy) is 3. The number of carbonyl (C=O) groups is 2. The first-order valence-electron chi connectivity index (χ1n) is 12.7. The number of amides is 1. The standard InChI is InChI=1S/C30H27FN6O5/c1-40-11-10-33-26-13-20(30(39)41-2)8-9-25(26)36-28(38)14-27-34-16-22(17-35-27)24-4-3-5-29(37-24)42-18-21-7-6-19(15-32)12-23(21)31/h3-9,12-13,16-17,33H,10-11,14,18H2,1-2H3,(H,36,38). The molecule has 0 saturated carbocycles. The number of rotatable bonds is 12. The van der Waals surface area contributed by atoms with Crippen LogP contribution in [-0.4, -0.2) is 54.2 Å². The van der Waals surface area contributed by atoms with Gasteiger partial charge in [0.05, 0.1) is 54.4 Å². The molecule has 42 heavy (non-hydrogen) atoms. The fourth-order valence-electron chi connectivity index (χ4n) is 3.79. The first-order valence-corrected chi connectivity index (χ1v) is 12.7. The zero-order valence-corrected chi connectivity index (χ0v) is 22.9. The van der Waals surface area contributed by atoms with Gasteiger partial charge >= 0.3 is 5.97 Å². The van der Waals surface area contributed by atoms with E-state index in [1.54, 1.807) is 55.9 Å². The highest BCUT2D eigenvalue weighted by molar-refractivity contribution is 5.97. The van der Waals surface area contributed by atoms with Crippen molar-refractivity contribution in [1.29, 1.82) is 5.26 Å². The molecule has 0 aliphatic heterocycles. The number of nitrogens with one attached hydrogen (secondary N) is 2. The first-order chi connectivity index (χ1) is 20.4. The first kappa shape index (κ1) is 29.6. The molecule has 0 fully saturated rings. The molecule has 2 aromatic carbocycles. The molecule has 0 bridgehead atoms. The zero-order valence-electron chi connectivity index (χ0n) is 22.9. The van der Waals surface area contributed by atoms with Gasteiger partial charge in [-0.1, -0.05) is 12.1 Å². The van der Waals surface area contributed by atoms with E-state index in [0.29, 0.717) is 52.7 Å². The summed E-state index contributed by atoms with van der Waals surface area (Å²) in [5.41, 5.74) is 2.99. The summed E-state index contributed by atoms with van der Waals surface area (Å²) in [5, 5.41) is 14.8. The van der Waals surface area contributed by atoms with Gasteiger partial charge in [0.1, 0.15) is 18.2 Å². The van der Waals surface area contributed by atoms with Crippen LogP contribution in [0.3, 0.4) is 0 Å². The second kappa shape index (κ2) is 14.3. The van der Waals surface area contributed by atoms with Crippen molar-refractivity contribution in [3.63, 3.8) is 0 Å². The SMILES string of the molecule is COCCNc1cc(C(=O)OC)ccc1NC(=O)Cc1ncc(-c2cccc(OCc3ccc(C#N)cc3F)n2)cn1. The Morgan fingerprint density at radius 2 is 1.83 bits per heavy atom. The van der Waals surface area contributed by atoms with Gasteiger partial charge in [0.25, 0.3) is 0 Å². The molecule has 11 nitrogen and oxygen atoms in total. The molecule has 0 spiro atoms. The van der Waals surface area contributed by atoms with Crippen molar-refractivity contribution in [1.82, 2.24) is 15.0 Å². The van der Waals surface area contributed by atoms with Gasteiger partial charge in [0, 0.05) is 43.2 Å². The summed E-state index contributed by atoms with van der Waals surface area (Å²) < 4.78 is 29.6. The van der Waals surface area contributed by atoms with E-state index < -0.39 is 11.8 Å². The number of hydrogen-bond acceptors (Lipinski definition) is 10.